The fourth-order valence-electron chi connectivity index (χ4n) is 5.76. The summed E-state index contributed by atoms with van der Waals surface area (Å²) in [5, 5.41) is 3.32. The zero-order valence-corrected chi connectivity index (χ0v) is 24.1. The highest BCUT2D eigenvalue weighted by molar-refractivity contribution is 7.91. The number of aryl methyl sites for hydroxylation is 1. The van der Waals surface area contributed by atoms with Crippen molar-refractivity contribution in [1.82, 2.24) is 15.1 Å². The molecule has 0 spiro atoms. The lowest BCUT2D eigenvalue weighted by Gasteiger charge is -2.44. The molecule has 206 valence electrons. The molecule has 2 amide bonds. The first kappa shape index (κ1) is 28.6. The number of halogens is 1. The first-order chi connectivity index (χ1) is 18.0. The molecule has 4 atom stereocenters. The molecule has 1 aliphatic heterocycles. The van der Waals surface area contributed by atoms with Gasteiger partial charge in [-0.15, -0.1) is 0 Å². The zero-order chi connectivity index (χ0) is 27.6. The molecule has 0 bridgehead atoms. The molecule has 1 saturated heterocycles. The van der Waals surface area contributed by atoms with Gasteiger partial charge in [-0.2, -0.15) is 0 Å². The van der Waals surface area contributed by atoms with E-state index in [0.29, 0.717) is 40.9 Å². The smallest absolute Gasteiger partial charge is 0.251 e. The Balaban J connectivity index is 1.53. The number of carbonyl (C=O) groups is 2. The van der Waals surface area contributed by atoms with Crippen LogP contribution in [-0.4, -0.2) is 73.5 Å². The highest BCUT2D eigenvalue weighted by Crippen LogP contribution is 2.36. The summed E-state index contributed by atoms with van der Waals surface area (Å²) >= 11 is 6.03. The van der Waals surface area contributed by atoms with Gasteiger partial charge in [-0.1, -0.05) is 35.4 Å². The number of hydrogen-bond donors (Lipinski definition) is 1. The monoisotopic (exact) mass is 559 g/mol. The van der Waals surface area contributed by atoms with Crippen LogP contribution in [0.25, 0.3) is 0 Å². The van der Waals surface area contributed by atoms with E-state index in [9.17, 15) is 18.0 Å². The molecule has 1 aliphatic carbocycles. The summed E-state index contributed by atoms with van der Waals surface area (Å²) in [6, 6.07) is 13.4. The zero-order valence-electron chi connectivity index (χ0n) is 22.6. The third kappa shape index (κ3) is 6.41. The number of hydrogen-bond acceptors (Lipinski definition) is 5. The van der Waals surface area contributed by atoms with Gasteiger partial charge in [-0.3, -0.25) is 9.59 Å². The van der Waals surface area contributed by atoms with E-state index in [-0.39, 0.29) is 35.6 Å². The van der Waals surface area contributed by atoms with Crippen LogP contribution in [0.1, 0.15) is 55.5 Å². The summed E-state index contributed by atoms with van der Waals surface area (Å²) in [4.78, 5) is 30.7. The summed E-state index contributed by atoms with van der Waals surface area (Å²) in [6.45, 7) is 6.71. The summed E-state index contributed by atoms with van der Waals surface area (Å²) in [5.74, 6) is -0.688. The van der Waals surface area contributed by atoms with Gasteiger partial charge in [0.2, 0.25) is 5.91 Å². The van der Waals surface area contributed by atoms with Crippen molar-refractivity contribution in [2.45, 2.75) is 75.5 Å². The molecule has 1 heterocycles. The number of rotatable bonds is 8. The van der Waals surface area contributed by atoms with Gasteiger partial charge in [-0.25, -0.2) is 8.42 Å². The minimum atomic E-state index is -3.54. The molecule has 9 heteroatoms. The van der Waals surface area contributed by atoms with Gasteiger partial charge in [0, 0.05) is 35.3 Å². The fraction of sp³-hybridized carbons (Fsp3) is 0.517. The van der Waals surface area contributed by atoms with Crippen LogP contribution in [0, 0.1) is 12.8 Å². The van der Waals surface area contributed by atoms with Crippen LogP contribution < -0.4 is 5.32 Å². The molecule has 7 nitrogen and oxygen atoms in total. The van der Waals surface area contributed by atoms with E-state index in [2.05, 4.69) is 31.1 Å². The molecule has 0 aromatic heterocycles. The van der Waals surface area contributed by atoms with Crippen molar-refractivity contribution < 1.29 is 18.0 Å². The Hall–Kier alpha value is -2.42. The summed E-state index contributed by atoms with van der Waals surface area (Å²) in [5.41, 5.74) is 1.41. The topological polar surface area (TPSA) is 86.8 Å². The molecule has 4 rings (SSSR count). The van der Waals surface area contributed by atoms with Gasteiger partial charge in [0.25, 0.3) is 5.91 Å². The molecule has 1 N–H and O–H groups in total. The molecule has 2 aliphatic rings. The highest BCUT2D eigenvalue weighted by Gasteiger charge is 2.44. The van der Waals surface area contributed by atoms with Gasteiger partial charge in [-0.05, 0) is 89.8 Å². The van der Waals surface area contributed by atoms with E-state index in [1.807, 2.05) is 24.0 Å². The second-order valence-electron chi connectivity index (χ2n) is 11.0. The Labute approximate surface area is 231 Å². The van der Waals surface area contributed by atoms with E-state index in [1.165, 1.54) is 0 Å². The first-order valence-corrected chi connectivity index (χ1v) is 15.4. The van der Waals surface area contributed by atoms with Crippen molar-refractivity contribution in [2.75, 3.05) is 19.3 Å². The maximum Gasteiger partial charge on any atom is 0.251 e. The van der Waals surface area contributed by atoms with Gasteiger partial charge in [0.05, 0.1) is 10.6 Å². The third-order valence-corrected chi connectivity index (χ3v) is 10.2. The summed E-state index contributed by atoms with van der Waals surface area (Å²) in [7, 11) is -1.45. The minimum Gasteiger partial charge on any atom is -0.340 e. The molecular weight excluding hydrogens is 522 g/mol. The summed E-state index contributed by atoms with van der Waals surface area (Å²) < 4.78 is 26.9. The predicted octanol–water partition coefficient (Wildman–Crippen LogP) is 4.33. The summed E-state index contributed by atoms with van der Waals surface area (Å²) in [6.07, 6.45) is 2.82. The number of nitrogens with one attached hydrogen (secondary N) is 1. The predicted molar refractivity (Wildman–Crippen MR) is 150 cm³/mol. The average Bonchev–Trinajstić information content (AvgIpc) is 3.23. The van der Waals surface area contributed by atoms with E-state index in [0.717, 1.165) is 18.4 Å². The SMILES string of the molecule is Cc1ccc(S(=O)(=O)C[C@@H]2CC(N(C)C(C)C)CCC2N2CCC(NC(=O)c3cccc(Cl)c3)C2=O)cc1. The van der Waals surface area contributed by atoms with Crippen molar-refractivity contribution in [3.8, 4) is 0 Å². The average molecular weight is 560 g/mol. The molecule has 0 radical (unpaired) electrons. The van der Waals surface area contributed by atoms with E-state index in [4.69, 9.17) is 11.6 Å². The van der Waals surface area contributed by atoms with Crippen LogP contribution in [-0.2, 0) is 14.6 Å². The third-order valence-electron chi connectivity index (χ3n) is 8.15. The van der Waals surface area contributed by atoms with Crippen LogP contribution >= 0.6 is 11.6 Å². The van der Waals surface area contributed by atoms with Crippen molar-refractivity contribution in [1.29, 1.82) is 0 Å². The Morgan fingerprint density at radius 1 is 1.13 bits per heavy atom. The number of nitrogens with zero attached hydrogens (tertiary/aromatic N) is 2. The quantitative estimate of drug-likeness (QED) is 0.520. The standard InChI is InChI=1S/C29H38ClN3O4S/c1-19(2)32(4)24-10-13-27(22(17-24)18-38(36,37)25-11-8-20(3)9-12-25)33-15-14-26(29(33)35)31-28(34)21-6-5-7-23(30)16-21/h5-9,11-12,16,19,22,24,26-27H,10,13-15,17-18H2,1-4H3,(H,31,34)/t22-,24?,26?,27?/m0/s1. The number of sulfone groups is 1. The van der Waals surface area contributed by atoms with Crippen LogP contribution in [0.3, 0.4) is 0 Å². The second-order valence-corrected chi connectivity index (χ2v) is 13.5. The van der Waals surface area contributed by atoms with Crippen molar-refractivity contribution in [3.05, 3.63) is 64.7 Å². The molecule has 38 heavy (non-hydrogen) atoms. The molecule has 2 aromatic rings. The highest BCUT2D eigenvalue weighted by atomic mass is 35.5. The maximum atomic E-state index is 13.5. The van der Waals surface area contributed by atoms with Crippen molar-refractivity contribution >= 4 is 33.3 Å². The fourth-order valence-corrected chi connectivity index (χ4v) is 7.62. The van der Waals surface area contributed by atoms with Gasteiger partial charge >= 0.3 is 0 Å². The molecule has 2 aromatic carbocycles. The van der Waals surface area contributed by atoms with Crippen LogP contribution in [0.2, 0.25) is 5.02 Å². The largest absolute Gasteiger partial charge is 0.340 e. The number of likely N-dealkylation sites (tertiary alicyclic amines) is 1. The Morgan fingerprint density at radius 2 is 1.84 bits per heavy atom. The van der Waals surface area contributed by atoms with Crippen LogP contribution in [0.15, 0.2) is 53.4 Å². The van der Waals surface area contributed by atoms with E-state index < -0.39 is 15.9 Å². The van der Waals surface area contributed by atoms with Crippen molar-refractivity contribution in [3.63, 3.8) is 0 Å². The maximum absolute atomic E-state index is 13.5. The minimum absolute atomic E-state index is 0.00746. The lowest BCUT2D eigenvalue weighted by molar-refractivity contribution is -0.133. The van der Waals surface area contributed by atoms with E-state index in [1.54, 1.807) is 36.4 Å². The van der Waals surface area contributed by atoms with Gasteiger partial charge in [0.1, 0.15) is 6.04 Å². The molecule has 2 fully saturated rings. The normalized spacial score (nSPS) is 24.3. The number of carbonyl (C=O) groups excluding carboxylic acids is 2. The van der Waals surface area contributed by atoms with Gasteiger partial charge in [0.15, 0.2) is 9.84 Å². The van der Waals surface area contributed by atoms with Crippen molar-refractivity contribution in [2.24, 2.45) is 5.92 Å². The molecular formula is C29H38ClN3O4S. The Morgan fingerprint density at radius 3 is 2.50 bits per heavy atom. The Kier molecular flexibility index (Phi) is 8.85. The van der Waals surface area contributed by atoms with Crippen LogP contribution in [0.4, 0.5) is 0 Å². The second kappa shape index (κ2) is 11.8. The Bertz CT molecular complexity index is 1260. The first-order valence-electron chi connectivity index (χ1n) is 13.3. The number of benzene rings is 2. The molecule has 1 saturated carbocycles. The lowest BCUT2D eigenvalue weighted by Crippen LogP contribution is -2.53. The molecule has 3 unspecified atom stereocenters. The number of amides is 2. The van der Waals surface area contributed by atoms with E-state index >= 15 is 0 Å². The van der Waals surface area contributed by atoms with Gasteiger partial charge < -0.3 is 15.1 Å². The lowest BCUT2D eigenvalue weighted by atomic mass is 9.81. The van der Waals surface area contributed by atoms with Crippen LogP contribution in [0.5, 0.6) is 0 Å².